The number of aryl methyl sites for hydroxylation is 3. The van der Waals surface area contributed by atoms with E-state index in [1.54, 1.807) is 0 Å². The predicted molar refractivity (Wildman–Crippen MR) is 69.2 cm³/mol. The summed E-state index contributed by atoms with van der Waals surface area (Å²) in [5, 5.41) is 8.75. The second-order valence-corrected chi connectivity index (χ2v) is 5.24. The van der Waals surface area contributed by atoms with Gasteiger partial charge in [0.15, 0.2) is 0 Å². The van der Waals surface area contributed by atoms with Gasteiger partial charge in [-0.05, 0) is 19.9 Å². The van der Waals surface area contributed by atoms with E-state index in [1.807, 2.05) is 17.9 Å². The van der Waals surface area contributed by atoms with E-state index in [1.165, 1.54) is 11.3 Å². The van der Waals surface area contributed by atoms with Gasteiger partial charge in [-0.1, -0.05) is 0 Å². The van der Waals surface area contributed by atoms with Crippen LogP contribution in [0.15, 0.2) is 18.5 Å². The molecule has 1 aliphatic rings. The van der Waals surface area contributed by atoms with Gasteiger partial charge in [-0.2, -0.15) is 10.2 Å². The molecule has 0 aromatic carbocycles. The van der Waals surface area contributed by atoms with Crippen molar-refractivity contribution in [1.82, 2.24) is 24.5 Å². The Kier molecular flexibility index (Phi) is 2.70. The molecule has 0 N–H and O–H groups in total. The highest BCUT2D eigenvalue weighted by Gasteiger charge is 2.29. The molecule has 0 spiro atoms. The summed E-state index contributed by atoms with van der Waals surface area (Å²) >= 11 is 0. The molecule has 1 saturated heterocycles. The Morgan fingerprint density at radius 1 is 1.33 bits per heavy atom. The molecule has 0 radical (unpaired) electrons. The van der Waals surface area contributed by atoms with Crippen molar-refractivity contribution in [3.63, 3.8) is 0 Å². The molecule has 2 aromatic rings. The van der Waals surface area contributed by atoms with E-state index in [9.17, 15) is 0 Å². The van der Waals surface area contributed by atoms with Crippen LogP contribution in [0.1, 0.15) is 23.0 Å². The maximum Gasteiger partial charge on any atom is 0.0776 e. The Hall–Kier alpha value is -1.62. The van der Waals surface area contributed by atoms with E-state index in [4.69, 9.17) is 0 Å². The van der Waals surface area contributed by atoms with Gasteiger partial charge in [-0.15, -0.1) is 0 Å². The van der Waals surface area contributed by atoms with E-state index in [2.05, 4.69) is 45.9 Å². The third-order valence-corrected chi connectivity index (χ3v) is 3.49. The Labute approximate surface area is 107 Å². The Balaban J connectivity index is 1.59. The first-order valence-electron chi connectivity index (χ1n) is 6.34. The monoisotopic (exact) mass is 245 g/mol. The van der Waals surface area contributed by atoms with Gasteiger partial charge in [-0.3, -0.25) is 14.3 Å². The average Bonchev–Trinajstić information content (AvgIpc) is 2.78. The van der Waals surface area contributed by atoms with Crippen LogP contribution in [0.3, 0.4) is 0 Å². The number of hydrogen-bond donors (Lipinski definition) is 0. The van der Waals surface area contributed by atoms with Crippen molar-refractivity contribution in [2.45, 2.75) is 26.4 Å². The lowest BCUT2D eigenvalue weighted by molar-refractivity contribution is 0.0893. The van der Waals surface area contributed by atoms with Crippen LogP contribution in [0.2, 0.25) is 0 Å². The molecule has 0 amide bonds. The number of aromatic nitrogens is 4. The highest BCUT2D eigenvalue weighted by molar-refractivity contribution is 5.10. The lowest BCUT2D eigenvalue weighted by atomic mass is 10.1. The zero-order valence-corrected chi connectivity index (χ0v) is 11.2. The van der Waals surface area contributed by atoms with E-state index in [-0.39, 0.29) is 0 Å². The summed E-state index contributed by atoms with van der Waals surface area (Å²) in [4.78, 5) is 2.43. The molecule has 5 heteroatoms. The molecule has 18 heavy (non-hydrogen) atoms. The number of hydrogen-bond acceptors (Lipinski definition) is 3. The summed E-state index contributed by atoms with van der Waals surface area (Å²) in [5.41, 5.74) is 3.65. The minimum atomic E-state index is 0.537. The van der Waals surface area contributed by atoms with Crippen LogP contribution >= 0.6 is 0 Å². The van der Waals surface area contributed by atoms with Crippen LogP contribution in [0.4, 0.5) is 0 Å². The van der Waals surface area contributed by atoms with Crippen molar-refractivity contribution >= 4 is 0 Å². The molecule has 1 aliphatic heterocycles. The fourth-order valence-electron chi connectivity index (χ4n) is 2.65. The van der Waals surface area contributed by atoms with Gasteiger partial charge in [0, 0.05) is 44.1 Å². The van der Waals surface area contributed by atoms with E-state index < -0.39 is 0 Å². The van der Waals surface area contributed by atoms with Crippen molar-refractivity contribution in [2.75, 3.05) is 13.1 Å². The molecule has 3 rings (SSSR count). The second-order valence-electron chi connectivity index (χ2n) is 5.24. The van der Waals surface area contributed by atoms with E-state index in [0.717, 1.165) is 25.3 Å². The summed E-state index contributed by atoms with van der Waals surface area (Å²) in [6.07, 6.45) is 4.02. The summed E-state index contributed by atoms with van der Waals surface area (Å²) < 4.78 is 4.02. The summed E-state index contributed by atoms with van der Waals surface area (Å²) in [7, 11) is 1.96. The smallest absolute Gasteiger partial charge is 0.0776 e. The molecule has 0 bridgehead atoms. The largest absolute Gasteiger partial charge is 0.295 e. The SMILES string of the molecule is Cc1cc(C)n(C2CN(Cc3cnn(C)c3)C2)n1. The van der Waals surface area contributed by atoms with E-state index in [0.29, 0.717) is 6.04 Å². The highest BCUT2D eigenvalue weighted by atomic mass is 15.4. The average molecular weight is 245 g/mol. The fourth-order valence-corrected chi connectivity index (χ4v) is 2.65. The summed E-state index contributed by atoms with van der Waals surface area (Å²) in [5.74, 6) is 0. The Bertz CT molecular complexity index is 547. The number of rotatable bonds is 3. The molecule has 0 saturated carbocycles. The zero-order valence-electron chi connectivity index (χ0n) is 11.2. The van der Waals surface area contributed by atoms with Gasteiger partial charge in [0.2, 0.25) is 0 Å². The van der Waals surface area contributed by atoms with Crippen LogP contribution in [0.5, 0.6) is 0 Å². The normalized spacial score (nSPS) is 17.1. The lowest BCUT2D eigenvalue weighted by Gasteiger charge is -2.39. The van der Waals surface area contributed by atoms with Crippen LogP contribution in [0, 0.1) is 13.8 Å². The number of likely N-dealkylation sites (tertiary alicyclic amines) is 1. The maximum absolute atomic E-state index is 4.55. The van der Waals surface area contributed by atoms with Gasteiger partial charge in [0.1, 0.15) is 0 Å². The molecule has 0 aliphatic carbocycles. The Morgan fingerprint density at radius 2 is 2.11 bits per heavy atom. The van der Waals surface area contributed by atoms with Gasteiger partial charge < -0.3 is 0 Å². The van der Waals surface area contributed by atoms with Gasteiger partial charge in [0.25, 0.3) is 0 Å². The van der Waals surface area contributed by atoms with Crippen molar-refractivity contribution in [3.05, 3.63) is 35.4 Å². The van der Waals surface area contributed by atoms with Crippen LogP contribution in [0.25, 0.3) is 0 Å². The van der Waals surface area contributed by atoms with Crippen molar-refractivity contribution in [3.8, 4) is 0 Å². The van der Waals surface area contributed by atoms with Crippen molar-refractivity contribution < 1.29 is 0 Å². The lowest BCUT2D eigenvalue weighted by Crippen LogP contribution is -2.47. The molecule has 2 aromatic heterocycles. The topological polar surface area (TPSA) is 38.9 Å². The third-order valence-electron chi connectivity index (χ3n) is 3.49. The van der Waals surface area contributed by atoms with E-state index >= 15 is 0 Å². The second kappa shape index (κ2) is 4.24. The quantitative estimate of drug-likeness (QED) is 0.818. The van der Waals surface area contributed by atoms with Gasteiger partial charge in [-0.25, -0.2) is 0 Å². The number of nitrogens with zero attached hydrogens (tertiary/aromatic N) is 5. The van der Waals surface area contributed by atoms with Crippen molar-refractivity contribution in [2.24, 2.45) is 7.05 Å². The predicted octanol–water partition coefficient (Wildman–Crippen LogP) is 1.29. The summed E-state index contributed by atoms with van der Waals surface area (Å²) in [6.45, 7) is 7.33. The first-order valence-corrected chi connectivity index (χ1v) is 6.34. The highest BCUT2D eigenvalue weighted by Crippen LogP contribution is 2.24. The molecule has 3 heterocycles. The van der Waals surface area contributed by atoms with Gasteiger partial charge in [0.05, 0.1) is 17.9 Å². The maximum atomic E-state index is 4.55. The minimum Gasteiger partial charge on any atom is -0.295 e. The van der Waals surface area contributed by atoms with Gasteiger partial charge >= 0.3 is 0 Å². The first kappa shape index (κ1) is 11.5. The standard InChI is InChI=1S/C13H19N5/c1-10-4-11(2)18(15-10)13-8-17(9-13)7-12-5-14-16(3)6-12/h4-6,13H,7-9H2,1-3H3. The van der Waals surface area contributed by atoms with Crippen molar-refractivity contribution in [1.29, 1.82) is 0 Å². The molecule has 0 unspecified atom stereocenters. The molecule has 96 valence electrons. The fraction of sp³-hybridized carbons (Fsp3) is 0.538. The Morgan fingerprint density at radius 3 is 2.67 bits per heavy atom. The molecule has 1 fully saturated rings. The summed E-state index contributed by atoms with van der Waals surface area (Å²) in [6, 6.07) is 2.68. The zero-order chi connectivity index (χ0) is 12.7. The van der Waals surface area contributed by atoms with Crippen LogP contribution in [-0.4, -0.2) is 37.6 Å². The minimum absolute atomic E-state index is 0.537. The molecular weight excluding hydrogens is 226 g/mol. The van der Waals surface area contributed by atoms with Crippen LogP contribution < -0.4 is 0 Å². The third kappa shape index (κ3) is 2.06. The molecule has 0 atom stereocenters. The molecular formula is C13H19N5. The molecule has 5 nitrogen and oxygen atoms in total. The first-order chi connectivity index (χ1) is 8.61. The van der Waals surface area contributed by atoms with Crippen LogP contribution in [-0.2, 0) is 13.6 Å².